The van der Waals surface area contributed by atoms with Crippen LogP contribution in [-0.4, -0.2) is 20.7 Å². The molecule has 0 radical (unpaired) electrons. The van der Waals surface area contributed by atoms with Crippen molar-refractivity contribution in [2.45, 2.75) is 43.8 Å². The molecule has 1 saturated heterocycles. The van der Waals surface area contributed by atoms with Crippen LogP contribution >= 0.6 is 0 Å². The summed E-state index contributed by atoms with van der Waals surface area (Å²) in [4.78, 5) is 11.9. The number of cyclic esters (lactones) is 1. The van der Waals surface area contributed by atoms with Crippen LogP contribution in [0.1, 0.15) is 25.7 Å². The first-order chi connectivity index (χ1) is 9.06. The molecule has 3 rings (SSSR count). The van der Waals surface area contributed by atoms with Crippen molar-refractivity contribution in [1.82, 2.24) is 0 Å². The highest BCUT2D eigenvalue weighted by Crippen LogP contribution is 2.60. The molecule has 0 N–H and O–H groups in total. The van der Waals surface area contributed by atoms with Gasteiger partial charge in [0.1, 0.15) is 0 Å². The van der Waals surface area contributed by atoms with Crippen LogP contribution in [-0.2, 0) is 9.53 Å². The van der Waals surface area contributed by atoms with Gasteiger partial charge in [-0.1, -0.05) is 55.0 Å². The minimum atomic E-state index is -1.67. The van der Waals surface area contributed by atoms with E-state index in [1.54, 1.807) is 0 Å². The molecule has 2 aliphatic rings. The van der Waals surface area contributed by atoms with Gasteiger partial charge >= 0.3 is 5.97 Å². The van der Waals surface area contributed by atoms with Crippen molar-refractivity contribution < 1.29 is 9.53 Å². The van der Waals surface area contributed by atoms with E-state index in [2.05, 4.69) is 43.4 Å². The molecular weight excluding hydrogens is 252 g/mol. The molecule has 19 heavy (non-hydrogen) atoms. The third kappa shape index (κ3) is 1.86. The molecule has 0 amide bonds. The Morgan fingerprint density at radius 2 is 2.00 bits per heavy atom. The van der Waals surface area contributed by atoms with E-state index >= 15 is 0 Å². The molecule has 1 saturated carbocycles. The van der Waals surface area contributed by atoms with Crippen molar-refractivity contribution >= 4 is 19.2 Å². The predicted molar refractivity (Wildman–Crippen MR) is 79.2 cm³/mol. The molecular formula is C16H22O2Si. The average molecular weight is 274 g/mol. The third-order valence-corrected chi connectivity index (χ3v) is 10.7. The van der Waals surface area contributed by atoms with E-state index in [0.29, 0.717) is 18.9 Å². The Kier molecular flexibility index (Phi) is 3.04. The van der Waals surface area contributed by atoms with Gasteiger partial charge in [0.05, 0.1) is 14.7 Å². The molecule has 2 atom stereocenters. The lowest BCUT2D eigenvalue weighted by Gasteiger charge is -2.49. The Morgan fingerprint density at radius 1 is 1.26 bits per heavy atom. The van der Waals surface area contributed by atoms with Crippen LogP contribution in [0.5, 0.6) is 0 Å². The lowest BCUT2D eigenvalue weighted by atomic mass is 9.90. The molecule has 0 aromatic heterocycles. The molecule has 2 fully saturated rings. The highest BCUT2D eigenvalue weighted by atomic mass is 28.3. The van der Waals surface area contributed by atoms with Crippen molar-refractivity contribution in [2.24, 2.45) is 5.92 Å². The zero-order chi connectivity index (χ0) is 13.5. The maximum absolute atomic E-state index is 11.9. The quantitative estimate of drug-likeness (QED) is 0.612. The van der Waals surface area contributed by atoms with Crippen LogP contribution in [0.2, 0.25) is 18.1 Å². The second-order valence-electron chi connectivity index (χ2n) is 6.60. The second kappa shape index (κ2) is 4.48. The minimum Gasteiger partial charge on any atom is -0.465 e. The minimum absolute atomic E-state index is 0.0228. The zero-order valence-corrected chi connectivity index (χ0v) is 12.8. The van der Waals surface area contributed by atoms with Gasteiger partial charge in [-0.05, 0) is 23.8 Å². The summed E-state index contributed by atoms with van der Waals surface area (Å²) in [6.07, 6.45) is 4.34. The average Bonchev–Trinajstić information content (AvgIpc) is 2.84. The molecule has 2 nitrogen and oxygen atoms in total. The molecule has 1 aliphatic heterocycles. The standard InChI is InChI=1S/C16H22O2Si/c1-19(2,14-8-4-3-5-9-14)16-10-6-7-13(16)12-18-15(17)11-16/h3-5,8-9,13H,6-7,10-12H2,1-2H3/t13-,16-/m1/s1. The Bertz CT molecular complexity index is 483. The first-order valence-corrected chi connectivity index (χ1v) is 10.3. The predicted octanol–water partition coefficient (Wildman–Crippen LogP) is 3.09. The number of carbonyl (C=O) groups excluding carboxylic acids is 1. The summed E-state index contributed by atoms with van der Waals surface area (Å²) < 4.78 is 5.33. The van der Waals surface area contributed by atoms with E-state index < -0.39 is 8.07 Å². The van der Waals surface area contributed by atoms with E-state index in [1.165, 1.54) is 24.4 Å². The highest BCUT2D eigenvalue weighted by Gasteiger charge is 2.57. The van der Waals surface area contributed by atoms with Crippen LogP contribution in [0, 0.1) is 5.92 Å². The number of ether oxygens (including phenoxy) is 1. The number of hydrogen-bond donors (Lipinski definition) is 0. The fourth-order valence-corrected chi connectivity index (χ4v) is 8.55. The van der Waals surface area contributed by atoms with Crippen molar-refractivity contribution in [3.8, 4) is 0 Å². The summed E-state index contributed by atoms with van der Waals surface area (Å²) in [7, 11) is -1.67. The summed E-state index contributed by atoms with van der Waals surface area (Å²) in [5.74, 6) is 0.613. The summed E-state index contributed by atoms with van der Waals surface area (Å²) >= 11 is 0. The van der Waals surface area contributed by atoms with Gasteiger partial charge in [-0.15, -0.1) is 0 Å². The van der Waals surface area contributed by atoms with Gasteiger partial charge in [-0.2, -0.15) is 0 Å². The van der Waals surface area contributed by atoms with Crippen LogP contribution in [0.3, 0.4) is 0 Å². The molecule has 1 aliphatic carbocycles. The number of esters is 1. The lowest BCUT2D eigenvalue weighted by Crippen LogP contribution is -2.57. The number of fused-ring (bicyclic) bond motifs is 1. The SMILES string of the molecule is C[Si](C)(c1ccccc1)[C@@]12CCC[C@@H]1COC(=O)C2. The first-order valence-electron chi connectivity index (χ1n) is 7.27. The van der Waals surface area contributed by atoms with E-state index in [-0.39, 0.29) is 11.0 Å². The Hall–Kier alpha value is -1.09. The van der Waals surface area contributed by atoms with Crippen molar-refractivity contribution in [3.05, 3.63) is 30.3 Å². The molecule has 3 heteroatoms. The third-order valence-electron chi connectivity index (χ3n) is 5.60. The maximum atomic E-state index is 11.9. The highest BCUT2D eigenvalue weighted by molar-refractivity contribution is 6.92. The largest absolute Gasteiger partial charge is 0.465 e. The van der Waals surface area contributed by atoms with Gasteiger partial charge in [-0.25, -0.2) is 0 Å². The summed E-state index contributed by atoms with van der Waals surface area (Å²) in [5.41, 5.74) is 0. The Balaban J connectivity index is 2.04. The van der Waals surface area contributed by atoms with E-state index in [0.717, 1.165) is 0 Å². The lowest BCUT2D eigenvalue weighted by molar-refractivity contribution is -0.151. The van der Waals surface area contributed by atoms with Gasteiger partial charge < -0.3 is 4.74 Å². The molecule has 1 aromatic rings. The second-order valence-corrected chi connectivity index (χ2v) is 11.4. The van der Waals surface area contributed by atoms with Crippen molar-refractivity contribution in [2.75, 3.05) is 6.61 Å². The van der Waals surface area contributed by atoms with Crippen LogP contribution in [0.25, 0.3) is 0 Å². The Labute approximate surface area is 116 Å². The molecule has 0 bridgehead atoms. The van der Waals surface area contributed by atoms with Crippen LogP contribution < -0.4 is 5.19 Å². The van der Waals surface area contributed by atoms with Crippen molar-refractivity contribution in [3.63, 3.8) is 0 Å². The number of carbonyl (C=O) groups is 1. The summed E-state index contributed by atoms with van der Waals surface area (Å²) in [5, 5.41) is 1.71. The van der Waals surface area contributed by atoms with Gasteiger partial charge in [0, 0.05) is 6.42 Å². The van der Waals surface area contributed by atoms with E-state index in [9.17, 15) is 4.79 Å². The van der Waals surface area contributed by atoms with Crippen molar-refractivity contribution in [1.29, 1.82) is 0 Å². The number of rotatable bonds is 2. The fourth-order valence-electron chi connectivity index (χ4n) is 4.31. The van der Waals surface area contributed by atoms with Gasteiger partial charge in [0.25, 0.3) is 0 Å². The fraction of sp³-hybridized carbons (Fsp3) is 0.562. The maximum Gasteiger partial charge on any atom is 0.306 e. The summed E-state index contributed by atoms with van der Waals surface area (Å²) in [6, 6.07) is 10.9. The molecule has 0 unspecified atom stereocenters. The van der Waals surface area contributed by atoms with Crippen LogP contribution in [0.15, 0.2) is 30.3 Å². The summed E-state index contributed by atoms with van der Waals surface area (Å²) in [6.45, 7) is 5.54. The smallest absolute Gasteiger partial charge is 0.306 e. The first kappa shape index (κ1) is 12.9. The van der Waals surface area contributed by atoms with Gasteiger partial charge in [-0.3, -0.25) is 4.79 Å². The number of hydrogen-bond acceptors (Lipinski definition) is 2. The molecule has 102 valence electrons. The number of benzene rings is 1. The topological polar surface area (TPSA) is 26.3 Å². The normalized spacial score (nSPS) is 30.8. The van der Waals surface area contributed by atoms with E-state index in [4.69, 9.17) is 4.74 Å². The van der Waals surface area contributed by atoms with E-state index in [1.807, 2.05) is 0 Å². The van der Waals surface area contributed by atoms with Gasteiger partial charge in [0.2, 0.25) is 0 Å². The molecule has 1 aromatic carbocycles. The molecule has 0 spiro atoms. The van der Waals surface area contributed by atoms with Crippen LogP contribution in [0.4, 0.5) is 0 Å². The molecule has 1 heterocycles. The Morgan fingerprint density at radius 3 is 2.74 bits per heavy atom. The monoisotopic (exact) mass is 274 g/mol. The zero-order valence-electron chi connectivity index (χ0n) is 11.8. The van der Waals surface area contributed by atoms with Gasteiger partial charge in [0.15, 0.2) is 0 Å².